The van der Waals surface area contributed by atoms with Gasteiger partial charge in [-0.15, -0.1) is 0 Å². The van der Waals surface area contributed by atoms with Crippen LogP contribution in [0.4, 0.5) is 5.82 Å². The molecular formula is C6H6N4O. The fraction of sp³-hybridized carbons (Fsp3) is 0.167. The molecule has 0 saturated carbocycles. The van der Waals surface area contributed by atoms with E-state index in [9.17, 15) is 4.79 Å². The van der Waals surface area contributed by atoms with Crippen molar-refractivity contribution in [3.63, 3.8) is 0 Å². The molecule has 0 aromatic carbocycles. The standard InChI is InChI=1S/C6H6N4O/c1-3-9-4(5(7)11)6(8-2)10-3/h1H3,(H2,7,11)(H,9,10). The fourth-order valence-corrected chi connectivity index (χ4v) is 0.732. The summed E-state index contributed by atoms with van der Waals surface area (Å²) in [4.78, 5) is 20.0. The SMILES string of the molecule is [C-]#[N+]c1[nH]c(C)nc1C(N)=O. The van der Waals surface area contributed by atoms with Crippen molar-refractivity contribution < 1.29 is 4.79 Å². The van der Waals surface area contributed by atoms with Crippen LogP contribution in [0.1, 0.15) is 16.3 Å². The molecule has 0 atom stereocenters. The Kier molecular flexibility index (Phi) is 1.60. The van der Waals surface area contributed by atoms with Gasteiger partial charge in [0.25, 0.3) is 11.7 Å². The lowest BCUT2D eigenvalue weighted by molar-refractivity contribution is 0.0997. The van der Waals surface area contributed by atoms with Gasteiger partial charge in [-0.25, -0.2) is 4.98 Å². The highest BCUT2D eigenvalue weighted by molar-refractivity contribution is 5.95. The van der Waals surface area contributed by atoms with E-state index >= 15 is 0 Å². The van der Waals surface area contributed by atoms with E-state index in [4.69, 9.17) is 12.3 Å². The molecule has 0 saturated heterocycles. The van der Waals surface area contributed by atoms with Gasteiger partial charge in [0.1, 0.15) is 0 Å². The van der Waals surface area contributed by atoms with Gasteiger partial charge in [-0.1, -0.05) is 6.57 Å². The molecule has 1 rings (SSSR count). The molecule has 0 fully saturated rings. The van der Waals surface area contributed by atoms with Crippen molar-refractivity contribution >= 4 is 11.7 Å². The smallest absolute Gasteiger partial charge is 0.260 e. The zero-order chi connectivity index (χ0) is 8.43. The van der Waals surface area contributed by atoms with E-state index in [0.717, 1.165) is 0 Å². The van der Waals surface area contributed by atoms with E-state index < -0.39 is 5.91 Å². The third-order valence-corrected chi connectivity index (χ3v) is 1.15. The van der Waals surface area contributed by atoms with Crippen LogP contribution >= 0.6 is 0 Å². The lowest BCUT2D eigenvalue weighted by Gasteiger charge is -1.86. The van der Waals surface area contributed by atoms with E-state index in [-0.39, 0.29) is 11.5 Å². The highest BCUT2D eigenvalue weighted by Gasteiger charge is 2.12. The van der Waals surface area contributed by atoms with Crippen LogP contribution in [0.5, 0.6) is 0 Å². The molecule has 3 N–H and O–H groups in total. The number of nitrogens with one attached hydrogen (secondary N) is 1. The van der Waals surface area contributed by atoms with Crippen LogP contribution in [-0.4, -0.2) is 15.9 Å². The first-order valence-corrected chi connectivity index (χ1v) is 2.89. The largest absolute Gasteiger partial charge is 0.365 e. The Labute approximate surface area is 63.1 Å². The Hall–Kier alpha value is -1.83. The van der Waals surface area contributed by atoms with Crippen LogP contribution < -0.4 is 5.73 Å². The third kappa shape index (κ3) is 1.19. The average molecular weight is 150 g/mol. The van der Waals surface area contributed by atoms with Crippen LogP contribution in [0.25, 0.3) is 4.85 Å². The van der Waals surface area contributed by atoms with Gasteiger partial charge < -0.3 is 10.6 Å². The second-order valence-corrected chi connectivity index (χ2v) is 2.00. The summed E-state index contributed by atoms with van der Waals surface area (Å²) in [6, 6.07) is 0. The van der Waals surface area contributed by atoms with Crippen LogP contribution in [0.2, 0.25) is 0 Å². The van der Waals surface area contributed by atoms with Crippen LogP contribution in [0.15, 0.2) is 0 Å². The minimum absolute atomic E-state index is 0.0116. The minimum atomic E-state index is -0.680. The molecule has 0 aliphatic rings. The molecule has 1 amide bonds. The summed E-state index contributed by atoms with van der Waals surface area (Å²) < 4.78 is 0. The number of aryl methyl sites for hydroxylation is 1. The van der Waals surface area contributed by atoms with Gasteiger partial charge in [0.15, 0.2) is 11.5 Å². The summed E-state index contributed by atoms with van der Waals surface area (Å²) in [5.41, 5.74) is 4.95. The van der Waals surface area contributed by atoms with Crippen molar-refractivity contribution in [1.29, 1.82) is 0 Å². The summed E-state index contributed by atoms with van der Waals surface area (Å²) in [7, 11) is 0. The van der Waals surface area contributed by atoms with E-state index in [1.807, 2.05) is 0 Å². The maximum absolute atomic E-state index is 10.6. The average Bonchev–Trinajstić information content (AvgIpc) is 2.30. The molecule has 0 aliphatic carbocycles. The summed E-state index contributed by atoms with van der Waals surface area (Å²) in [5, 5.41) is 0. The van der Waals surface area contributed by atoms with Crippen LogP contribution in [-0.2, 0) is 0 Å². The maximum atomic E-state index is 10.6. The molecule has 0 spiro atoms. The van der Waals surface area contributed by atoms with E-state index in [2.05, 4.69) is 14.8 Å². The Morgan fingerprint density at radius 2 is 2.45 bits per heavy atom. The number of aromatic amines is 1. The lowest BCUT2D eigenvalue weighted by Crippen LogP contribution is -2.11. The first-order valence-electron chi connectivity index (χ1n) is 2.89. The van der Waals surface area contributed by atoms with E-state index in [1.165, 1.54) is 0 Å². The van der Waals surface area contributed by atoms with Gasteiger partial charge in [0.05, 0.1) is 0 Å². The molecular weight excluding hydrogens is 144 g/mol. The van der Waals surface area contributed by atoms with Crippen molar-refractivity contribution in [1.82, 2.24) is 9.97 Å². The molecule has 0 bridgehead atoms. The fourth-order valence-electron chi connectivity index (χ4n) is 0.732. The van der Waals surface area contributed by atoms with Crippen LogP contribution in [0.3, 0.4) is 0 Å². The first kappa shape index (κ1) is 7.28. The summed E-state index contributed by atoms with van der Waals surface area (Å²) in [6.45, 7) is 8.29. The predicted octanol–water partition coefficient (Wildman–Crippen LogP) is 0.368. The van der Waals surface area contributed by atoms with Gasteiger partial charge in [0, 0.05) is 6.92 Å². The Balaban J connectivity index is 3.26. The van der Waals surface area contributed by atoms with Gasteiger partial charge in [-0.3, -0.25) is 9.78 Å². The summed E-state index contributed by atoms with van der Waals surface area (Å²) >= 11 is 0. The molecule has 0 radical (unpaired) electrons. The molecule has 11 heavy (non-hydrogen) atoms. The van der Waals surface area contributed by atoms with Gasteiger partial charge in [0.2, 0.25) is 0 Å². The minimum Gasteiger partial charge on any atom is -0.365 e. The zero-order valence-corrected chi connectivity index (χ0v) is 5.88. The van der Waals surface area contributed by atoms with E-state index in [0.29, 0.717) is 5.82 Å². The monoisotopic (exact) mass is 150 g/mol. The zero-order valence-electron chi connectivity index (χ0n) is 5.88. The molecule has 0 aliphatic heterocycles. The topological polar surface area (TPSA) is 76.1 Å². The number of hydrogen-bond donors (Lipinski definition) is 2. The Morgan fingerprint density at radius 3 is 2.82 bits per heavy atom. The number of carbonyl (C=O) groups excluding carboxylic acids is 1. The number of H-pyrrole nitrogens is 1. The van der Waals surface area contributed by atoms with Gasteiger partial charge in [-0.2, -0.15) is 0 Å². The third-order valence-electron chi connectivity index (χ3n) is 1.15. The Morgan fingerprint density at radius 1 is 1.82 bits per heavy atom. The molecule has 56 valence electrons. The highest BCUT2D eigenvalue weighted by Crippen LogP contribution is 2.13. The number of nitrogens with two attached hydrogens (primary N) is 1. The second-order valence-electron chi connectivity index (χ2n) is 2.00. The number of imidazole rings is 1. The molecule has 1 heterocycles. The lowest BCUT2D eigenvalue weighted by atomic mass is 10.4. The van der Waals surface area contributed by atoms with Gasteiger partial charge in [-0.05, 0) is 0 Å². The van der Waals surface area contributed by atoms with Crippen molar-refractivity contribution in [2.75, 3.05) is 0 Å². The number of nitrogens with zero attached hydrogens (tertiary/aromatic N) is 2. The maximum Gasteiger partial charge on any atom is 0.260 e. The van der Waals surface area contributed by atoms with Gasteiger partial charge >= 0.3 is 0 Å². The number of hydrogen-bond acceptors (Lipinski definition) is 2. The molecule has 5 nitrogen and oxygen atoms in total. The normalized spacial score (nSPS) is 9.09. The first-order chi connectivity index (χ1) is 5.15. The molecule has 1 aromatic heterocycles. The number of carbonyl (C=O) groups is 1. The predicted molar refractivity (Wildman–Crippen MR) is 38.1 cm³/mol. The van der Waals surface area contributed by atoms with Crippen molar-refractivity contribution in [3.8, 4) is 0 Å². The number of primary amides is 1. The number of aromatic nitrogens is 2. The number of amides is 1. The summed E-state index contributed by atoms with van der Waals surface area (Å²) in [6.07, 6.45) is 0. The molecule has 5 heteroatoms. The van der Waals surface area contributed by atoms with Crippen LogP contribution in [0, 0.1) is 13.5 Å². The number of rotatable bonds is 1. The molecule has 1 aromatic rings. The van der Waals surface area contributed by atoms with Crippen molar-refractivity contribution in [3.05, 3.63) is 22.9 Å². The Bertz CT molecular complexity index is 333. The highest BCUT2D eigenvalue weighted by atomic mass is 16.1. The van der Waals surface area contributed by atoms with E-state index in [1.54, 1.807) is 6.92 Å². The second kappa shape index (κ2) is 2.42. The quantitative estimate of drug-likeness (QED) is 0.567. The molecule has 0 unspecified atom stereocenters. The summed E-state index contributed by atoms with van der Waals surface area (Å²) in [5.74, 6) is -0.0554. The van der Waals surface area contributed by atoms with Crippen molar-refractivity contribution in [2.24, 2.45) is 5.73 Å². The van der Waals surface area contributed by atoms with Crippen molar-refractivity contribution in [2.45, 2.75) is 6.92 Å².